The molecular formula is C12H17F10N. The van der Waals surface area contributed by atoms with Gasteiger partial charge in [0, 0.05) is 24.4 Å². The van der Waals surface area contributed by atoms with Crippen LogP contribution in [0.25, 0.3) is 0 Å². The fraction of sp³-hybridized carbons (Fsp3) is 1.00. The fourth-order valence-corrected chi connectivity index (χ4v) is 2.07. The van der Waals surface area contributed by atoms with Gasteiger partial charge < -0.3 is 5.32 Å². The van der Waals surface area contributed by atoms with Crippen LogP contribution >= 0.6 is 0 Å². The highest BCUT2D eigenvalue weighted by Crippen LogP contribution is 2.45. The minimum Gasteiger partial charge on any atom is -0.309 e. The number of halogens is 10. The molecule has 0 saturated carbocycles. The van der Waals surface area contributed by atoms with Gasteiger partial charge in [0.2, 0.25) is 0 Å². The van der Waals surface area contributed by atoms with E-state index in [-0.39, 0.29) is 0 Å². The molecule has 0 aromatic carbocycles. The molecule has 0 aliphatic heterocycles. The van der Waals surface area contributed by atoms with E-state index in [1.165, 1.54) is 13.8 Å². The molecule has 1 nitrogen and oxygen atoms in total. The third-order valence-electron chi connectivity index (χ3n) is 3.07. The molecule has 0 spiro atoms. The van der Waals surface area contributed by atoms with Crippen LogP contribution in [0.15, 0.2) is 0 Å². The lowest BCUT2D eigenvalue weighted by Crippen LogP contribution is -2.54. The van der Waals surface area contributed by atoms with E-state index in [1.807, 2.05) is 0 Å². The molecule has 0 amide bonds. The molecule has 0 bridgehead atoms. The van der Waals surface area contributed by atoms with Crippen molar-refractivity contribution in [3.05, 3.63) is 0 Å². The second-order valence-electron chi connectivity index (χ2n) is 5.94. The smallest absolute Gasteiger partial charge is 0.309 e. The molecule has 1 N–H and O–H groups in total. The fourth-order valence-electron chi connectivity index (χ4n) is 2.07. The SMILES string of the molecule is CC(C)NC(C)(CCC(F)(F)C(F)(F)F)CC(F)(F)C(F)(F)F. The van der Waals surface area contributed by atoms with Crippen molar-refractivity contribution in [3.63, 3.8) is 0 Å². The van der Waals surface area contributed by atoms with E-state index < -0.39 is 55.0 Å². The molecule has 0 aromatic heterocycles. The minimum absolute atomic E-state index is 0.705. The van der Waals surface area contributed by atoms with Gasteiger partial charge in [-0.3, -0.25) is 0 Å². The van der Waals surface area contributed by atoms with Crippen LogP contribution in [0.5, 0.6) is 0 Å². The zero-order valence-corrected chi connectivity index (χ0v) is 12.5. The Kier molecular flexibility index (Phi) is 6.42. The summed E-state index contributed by atoms with van der Waals surface area (Å²) in [4.78, 5) is 0. The Balaban J connectivity index is 5.29. The summed E-state index contributed by atoms with van der Waals surface area (Å²) in [7, 11) is 0. The molecule has 0 aromatic rings. The van der Waals surface area contributed by atoms with E-state index in [9.17, 15) is 43.9 Å². The molecule has 0 aliphatic carbocycles. The van der Waals surface area contributed by atoms with Crippen molar-refractivity contribution < 1.29 is 43.9 Å². The van der Waals surface area contributed by atoms with Crippen LogP contribution in [0.2, 0.25) is 0 Å². The average Bonchev–Trinajstić information content (AvgIpc) is 2.21. The van der Waals surface area contributed by atoms with Gasteiger partial charge in [0.15, 0.2) is 0 Å². The Hall–Kier alpha value is -0.740. The minimum atomic E-state index is -5.93. The average molecular weight is 365 g/mol. The van der Waals surface area contributed by atoms with Gasteiger partial charge in [-0.1, -0.05) is 13.8 Å². The quantitative estimate of drug-likeness (QED) is 0.603. The highest BCUT2D eigenvalue weighted by molar-refractivity contribution is 4.94. The Morgan fingerprint density at radius 3 is 1.39 bits per heavy atom. The first-order valence-corrected chi connectivity index (χ1v) is 6.50. The van der Waals surface area contributed by atoms with Crippen molar-refractivity contribution in [2.24, 2.45) is 0 Å². The van der Waals surface area contributed by atoms with Gasteiger partial charge in [-0.25, -0.2) is 0 Å². The number of hydrogen-bond acceptors (Lipinski definition) is 1. The molecule has 23 heavy (non-hydrogen) atoms. The Labute approximate surface area is 126 Å². The molecule has 0 radical (unpaired) electrons. The summed E-state index contributed by atoms with van der Waals surface area (Å²) in [5.74, 6) is -10.4. The van der Waals surface area contributed by atoms with E-state index in [4.69, 9.17) is 0 Å². The lowest BCUT2D eigenvalue weighted by molar-refractivity contribution is -0.294. The highest BCUT2D eigenvalue weighted by atomic mass is 19.4. The molecule has 0 aliphatic rings. The van der Waals surface area contributed by atoms with Gasteiger partial charge in [0.05, 0.1) is 0 Å². The van der Waals surface area contributed by atoms with Gasteiger partial charge in [0.25, 0.3) is 0 Å². The Morgan fingerprint density at radius 1 is 0.696 bits per heavy atom. The van der Waals surface area contributed by atoms with Crippen LogP contribution in [0, 0.1) is 0 Å². The molecule has 0 rings (SSSR count). The van der Waals surface area contributed by atoms with Crippen molar-refractivity contribution in [2.45, 2.75) is 75.8 Å². The predicted octanol–water partition coefficient (Wildman–Crippen LogP) is 5.31. The van der Waals surface area contributed by atoms with E-state index in [0.717, 1.165) is 6.92 Å². The van der Waals surface area contributed by atoms with Crippen LogP contribution in [0.1, 0.15) is 40.0 Å². The summed E-state index contributed by atoms with van der Waals surface area (Å²) in [6.07, 6.45) is -16.9. The van der Waals surface area contributed by atoms with Crippen LogP contribution in [0.3, 0.4) is 0 Å². The van der Waals surface area contributed by atoms with Crippen molar-refractivity contribution in [1.82, 2.24) is 5.32 Å². The van der Waals surface area contributed by atoms with Gasteiger partial charge in [-0.05, 0) is 13.3 Å². The molecule has 11 heteroatoms. The number of nitrogens with one attached hydrogen (secondary N) is 1. The first-order valence-electron chi connectivity index (χ1n) is 6.50. The van der Waals surface area contributed by atoms with Crippen molar-refractivity contribution in [3.8, 4) is 0 Å². The van der Waals surface area contributed by atoms with Gasteiger partial charge in [-0.15, -0.1) is 0 Å². The Bertz CT molecular complexity index is 384. The standard InChI is InChI=1S/C12H17F10N/c1-7(2)23-8(3,6-10(15,16)12(20,21)22)4-5-9(13,14)11(17,18)19/h7,23H,4-6H2,1-3H3. The zero-order valence-electron chi connectivity index (χ0n) is 12.5. The van der Waals surface area contributed by atoms with Crippen molar-refractivity contribution in [1.29, 1.82) is 0 Å². The van der Waals surface area contributed by atoms with Crippen molar-refractivity contribution >= 4 is 0 Å². The second kappa shape index (κ2) is 6.64. The maximum atomic E-state index is 13.2. The van der Waals surface area contributed by atoms with E-state index in [2.05, 4.69) is 5.32 Å². The zero-order chi connectivity index (χ0) is 18.9. The third-order valence-corrected chi connectivity index (χ3v) is 3.07. The predicted molar refractivity (Wildman–Crippen MR) is 62.5 cm³/mol. The van der Waals surface area contributed by atoms with E-state index >= 15 is 0 Å². The number of rotatable bonds is 7. The summed E-state index contributed by atoms with van der Waals surface area (Å²) in [6.45, 7) is 3.44. The topological polar surface area (TPSA) is 12.0 Å². The first kappa shape index (κ1) is 22.3. The third kappa shape index (κ3) is 6.34. The van der Waals surface area contributed by atoms with Crippen LogP contribution < -0.4 is 5.32 Å². The summed E-state index contributed by atoms with van der Waals surface area (Å²) < 4.78 is 125. The molecular weight excluding hydrogens is 348 g/mol. The van der Waals surface area contributed by atoms with Crippen LogP contribution in [0.4, 0.5) is 43.9 Å². The van der Waals surface area contributed by atoms with E-state index in [1.54, 1.807) is 0 Å². The molecule has 1 atom stereocenters. The Morgan fingerprint density at radius 2 is 1.09 bits per heavy atom. The van der Waals surface area contributed by atoms with Crippen LogP contribution in [-0.4, -0.2) is 35.8 Å². The van der Waals surface area contributed by atoms with Gasteiger partial charge >= 0.3 is 24.2 Å². The first-order chi connectivity index (χ1) is 9.83. The lowest BCUT2D eigenvalue weighted by atomic mass is 9.86. The monoisotopic (exact) mass is 365 g/mol. The highest BCUT2D eigenvalue weighted by Gasteiger charge is 2.61. The van der Waals surface area contributed by atoms with E-state index in [0.29, 0.717) is 0 Å². The maximum absolute atomic E-state index is 13.2. The summed E-state index contributed by atoms with van der Waals surface area (Å²) in [5.41, 5.74) is -2.26. The lowest BCUT2D eigenvalue weighted by Gasteiger charge is -2.37. The van der Waals surface area contributed by atoms with Gasteiger partial charge in [-0.2, -0.15) is 43.9 Å². The number of alkyl halides is 10. The summed E-state index contributed by atoms with van der Waals surface area (Å²) in [6, 6.07) is -0.705. The van der Waals surface area contributed by atoms with Crippen LogP contribution in [-0.2, 0) is 0 Å². The van der Waals surface area contributed by atoms with Crippen molar-refractivity contribution in [2.75, 3.05) is 0 Å². The van der Waals surface area contributed by atoms with Gasteiger partial charge in [0.1, 0.15) is 0 Å². The molecule has 0 fully saturated rings. The molecule has 1 unspecified atom stereocenters. The normalized spacial score (nSPS) is 17.5. The largest absolute Gasteiger partial charge is 0.453 e. The maximum Gasteiger partial charge on any atom is 0.453 e. The summed E-state index contributed by atoms with van der Waals surface area (Å²) >= 11 is 0. The second-order valence-corrected chi connectivity index (χ2v) is 5.94. The molecule has 140 valence electrons. The number of hydrogen-bond donors (Lipinski definition) is 1. The molecule has 0 saturated heterocycles. The summed E-state index contributed by atoms with van der Waals surface area (Å²) in [5, 5.41) is 2.23. The molecule has 0 heterocycles.